The van der Waals surface area contributed by atoms with E-state index in [1.807, 2.05) is 18.2 Å². The fraction of sp³-hybridized carbons (Fsp3) is 0.412. The molecule has 0 spiro atoms. The molecule has 5 nitrogen and oxygen atoms in total. The minimum absolute atomic E-state index is 0.0304. The van der Waals surface area contributed by atoms with Crippen LogP contribution in [0.25, 0.3) is 0 Å². The summed E-state index contributed by atoms with van der Waals surface area (Å²) in [5.41, 5.74) is 1.70. The van der Waals surface area contributed by atoms with Crippen molar-refractivity contribution in [1.29, 1.82) is 0 Å². The molecule has 0 unspecified atom stereocenters. The average Bonchev–Trinajstić information content (AvgIpc) is 2.50. The van der Waals surface area contributed by atoms with E-state index in [1.54, 1.807) is 13.2 Å². The molecule has 0 saturated carbocycles. The van der Waals surface area contributed by atoms with E-state index in [2.05, 4.69) is 53.2 Å². The van der Waals surface area contributed by atoms with Gasteiger partial charge in [0.1, 0.15) is 16.8 Å². The predicted octanol–water partition coefficient (Wildman–Crippen LogP) is 3.33. The van der Waals surface area contributed by atoms with Crippen molar-refractivity contribution in [3.8, 4) is 5.75 Å². The lowest BCUT2D eigenvalue weighted by Crippen LogP contribution is -2.22. The van der Waals surface area contributed by atoms with Gasteiger partial charge in [-0.2, -0.15) is 5.10 Å². The Morgan fingerprint density at radius 2 is 2.00 bits per heavy atom. The Morgan fingerprint density at radius 3 is 2.70 bits per heavy atom. The van der Waals surface area contributed by atoms with Crippen LogP contribution in [0.4, 0.5) is 5.69 Å². The third kappa shape index (κ3) is 4.34. The zero-order valence-corrected chi connectivity index (χ0v) is 15.5. The number of halogens is 1. The Hall–Kier alpha value is -1.82. The number of anilines is 1. The van der Waals surface area contributed by atoms with Gasteiger partial charge in [-0.05, 0) is 33.0 Å². The lowest BCUT2D eigenvalue weighted by Gasteiger charge is -2.22. The van der Waals surface area contributed by atoms with E-state index in [9.17, 15) is 4.79 Å². The van der Waals surface area contributed by atoms with Crippen molar-refractivity contribution in [1.82, 2.24) is 9.78 Å². The molecule has 0 radical (unpaired) electrons. The van der Waals surface area contributed by atoms with Crippen LogP contribution < -0.4 is 15.6 Å². The van der Waals surface area contributed by atoms with Crippen molar-refractivity contribution in [2.24, 2.45) is 7.05 Å². The van der Waals surface area contributed by atoms with Crippen LogP contribution in [-0.4, -0.2) is 22.9 Å². The zero-order chi connectivity index (χ0) is 17.0. The van der Waals surface area contributed by atoms with Crippen LogP contribution >= 0.6 is 15.9 Å². The van der Waals surface area contributed by atoms with Gasteiger partial charge >= 0.3 is 0 Å². The first-order chi connectivity index (χ1) is 10.8. The molecule has 1 aromatic carbocycles. The third-order valence-corrected chi connectivity index (χ3v) is 4.21. The Kier molecular flexibility index (Phi) is 5.46. The molecule has 1 N–H and O–H groups in total. The van der Waals surface area contributed by atoms with Gasteiger partial charge in [-0.15, -0.1) is 0 Å². The minimum atomic E-state index is -0.172. The van der Waals surface area contributed by atoms with E-state index in [0.717, 1.165) is 5.75 Å². The summed E-state index contributed by atoms with van der Waals surface area (Å²) < 4.78 is 7.66. The highest BCUT2D eigenvalue weighted by Crippen LogP contribution is 2.30. The molecule has 1 heterocycles. The number of nitrogens with zero attached hydrogens (tertiary/aromatic N) is 2. The van der Waals surface area contributed by atoms with Crippen molar-refractivity contribution in [3.63, 3.8) is 0 Å². The molecule has 0 saturated heterocycles. The lowest BCUT2D eigenvalue weighted by atomic mass is 9.86. The van der Waals surface area contributed by atoms with E-state index < -0.39 is 0 Å². The second kappa shape index (κ2) is 7.17. The summed E-state index contributed by atoms with van der Waals surface area (Å²) in [5, 5.41) is 7.16. The van der Waals surface area contributed by atoms with Gasteiger partial charge in [0.2, 0.25) is 0 Å². The Morgan fingerprint density at radius 1 is 1.30 bits per heavy atom. The van der Waals surface area contributed by atoms with Crippen molar-refractivity contribution in [3.05, 3.63) is 50.9 Å². The number of ether oxygens (including phenoxy) is 1. The number of nitrogens with one attached hydrogen (secondary N) is 1. The fourth-order valence-corrected chi connectivity index (χ4v) is 2.69. The molecule has 23 heavy (non-hydrogen) atoms. The monoisotopic (exact) mass is 379 g/mol. The van der Waals surface area contributed by atoms with Gasteiger partial charge in [0.15, 0.2) is 0 Å². The van der Waals surface area contributed by atoms with Crippen LogP contribution in [0.1, 0.15) is 26.3 Å². The first-order valence-electron chi connectivity index (χ1n) is 7.48. The Balaban J connectivity index is 1.97. The number of hydrogen-bond acceptors (Lipinski definition) is 4. The Bertz CT molecular complexity index is 735. The standard InChI is InChI=1S/C17H22BrN3O2/c1-17(2,3)12-7-5-6-8-14(12)23-10-9-19-13-11-20-21(4)16(22)15(13)18/h5-8,11,19H,9-10H2,1-4H3. The molecule has 2 aromatic rings. The molecule has 0 aliphatic rings. The highest BCUT2D eigenvalue weighted by Gasteiger charge is 2.18. The van der Waals surface area contributed by atoms with Crippen molar-refractivity contribution in [2.75, 3.05) is 18.5 Å². The first-order valence-corrected chi connectivity index (χ1v) is 8.28. The average molecular weight is 380 g/mol. The summed E-state index contributed by atoms with van der Waals surface area (Å²) in [4.78, 5) is 11.8. The summed E-state index contributed by atoms with van der Waals surface area (Å²) >= 11 is 3.29. The fourth-order valence-electron chi connectivity index (χ4n) is 2.19. The normalized spacial score (nSPS) is 11.3. The van der Waals surface area contributed by atoms with Crippen molar-refractivity contribution < 1.29 is 4.74 Å². The molecule has 0 aliphatic heterocycles. The van der Waals surface area contributed by atoms with E-state index in [1.165, 1.54) is 10.2 Å². The lowest BCUT2D eigenvalue weighted by molar-refractivity contribution is 0.323. The predicted molar refractivity (Wildman–Crippen MR) is 96.3 cm³/mol. The van der Waals surface area contributed by atoms with Crippen LogP contribution in [0, 0.1) is 0 Å². The van der Waals surface area contributed by atoms with E-state index in [-0.39, 0.29) is 11.0 Å². The largest absolute Gasteiger partial charge is 0.491 e. The van der Waals surface area contributed by atoms with Crippen molar-refractivity contribution in [2.45, 2.75) is 26.2 Å². The highest BCUT2D eigenvalue weighted by molar-refractivity contribution is 9.10. The molecule has 2 rings (SSSR count). The molecule has 0 aliphatic carbocycles. The molecule has 124 valence electrons. The van der Waals surface area contributed by atoms with Crippen LogP contribution in [0.5, 0.6) is 5.75 Å². The van der Waals surface area contributed by atoms with Crippen molar-refractivity contribution >= 4 is 21.6 Å². The topological polar surface area (TPSA) is 56.1 Å². The van der Waals surface area contributed by atoms with Crippen LogP contribution in [-0.2, 0) is 12.5 Å². The number of aryl methyl sites for hydroxylation is 1. The molecule has 1 aromatic heterocycles. The minimum Gasteiger partial charge on any atom is -0.491 e. The van der Waals surface area contributed by atoms with Gasteiger partial charge in [0.25, 0.3) is 5.56 Å². The van der Waals surface area contributed by atoms with Gasteiger partial charge in [-0.3, -0.25) is 4.79 Å². The summed E-state index contributed by atoms with van der Waals surface area (Å²) in [6.45, 7) is 7.56. The molecule has 6 heteroatoms. The van der Waals surface area contributed by atoms with E-state index in [4.69, 9.17) is 4.74 Å². The van der Waals surface area contributed by atoms with Gasteiger partial charge in [-0.25, -0.2) is 4.68 Å². The summed E-state index contributed by atoms with van der Waals surface area (Å²) in [5.74, 6) is 0.892. The van der Waals surface area contributed by atoms with Gasteiger partial charge in [0.05, 0.1) is 11.9 Å². The number of para-hydroxylation sites is 1. The maximum absolute atomic E-state index is 11.8. The summed E-state index contributed by atoms with van der Waals surface area (Å²) in [7, 11) is 1.61. The summed E-state index contributed by atoms with van der Waals surface area (Å²) in [6.07, 6.45) is 1.62. The van der Waals surface area contributed by atoms with Gasteiger partial charge in [-0.1, -0.05) is 39.0 Å². The SMILES string of the molecule is Cn1ncc(NCCOc2ccccc2C(C)(C)C)c(Br)c1=O. The molecule has 0 amide bonds. The van der Waals surface area contributed by atoms with E-state index >= 15 is 0 Å². The number of rotatable bonds is 5. The number of aromatic nitrogens is 2. The molecule has 0 bridgehead atoms. The first kappa shape index (κ1) is 17.5. The third-order valence-electron chi connectivity index (χ3n) is 3.45. The second-order valence-corrected chi connectivity index (χ2v) is 7.12. The molecular formula is C17H22BrN3O2. The zero-order valence-electron chi connectivity index (χ0n) is 13.9. The second-order valence-electron chi connectivity index (χ2n) is 6.32. The number of benzene rings is 1. The van der Waals surface area contributed by atoms with Gasteiger partial charge < -0.3 is 10.1 Å². The summed E-state index contributed by atoms with van der Waals surface area (Å²) in [6, 6.07) is 8.06. The maximum atomic E-state index is 11.8. The van der Waals surface area contributed by atoms with E-state index in [0.29, 0.717) is 23.3 Å². The smallest absolute Gasteiger partial charge is 0.282 e. The maximum Gasteiger partial charge on any atom is 0.282 e. The van der Waals surface area contributed by atoms with Gasteiger partial charge in [0, 0.05) is 13.6 Å². The van der Waals surface area contributed by atoms with Crippen LogP contribution in [0.15, 0.2) is 39.7 Å². The molecule has 0 fully saturated rings. The molecule has 0 atom stereocenters. The van der Waals surface area contributed by atoms with Crippen LogP contribution in [0.3, 0.4) is 0 Å². The highest BCUT2D eigenvalue weighted by atomic mass is 79.9. The van der Waals surface area contributed by atoms with Crippen LogP contribution in [0.2, 0.25) is 0 Å². The number of hydrogen-bond donors (Lipinski definition) is 1. The Labute approximate surface area is 144 Å². The molecular weight excluding hydrogens is 358 g/mol. The quantitative estimate of drug-likeness (QED) is 0.809.